The average Bonchev–Trinajstić information content (AvgIpc) is 2.67. The number of carbonyl (C=O) groups is 3. The first-order valence-corrected chi connectivity index (χ1v) is 4.97. The van der Waals surface area contributed by atoms with Gasteiger partial charge in [0.2, 0.25) is 5.91 Å². The summed E-state index contributed by atoms with van der Waals surface area (Å²) < 4.78 is 4.55. The van der Waals surface area contributed by atoms with Crippen molar-refractivity contribution in [1.29, 1.82) is 0 Å². The molecule has 0 unspecified atom stereocenters. The van der Waals surface area contributed by atoms with E-state index >= 15 is 0 Å². The van der Waals surface area contributed by atoms with Crippen LogP contribution in [-0.4, -0.2) is 36.3 Å². The second-order valence-corrected chi connectivity index (χ2v) is 3.62. The van der Waals surface area contributed by atoms with Crippen LogP contribution in [-0.2, 0) is 14.3 Å². The lowest BCUT2D eigenvalue weighted by Crippen LogP contribution is -2.25. The average molecular weight is 234 g/mol. The van der Waals surface area contributed by atoms with Gasteiger partial charge in [-0.05, 0) is 6.07 Å². The van der Waals surface area contributed by atoms with E-state index < -0.39 is 5.97 Å². The van der Waals surface area contributed by atoms with Gasteiger partial charge in [-0.2, -0.15) is 0 Å². The van der Waals surface area contributed by atoms with Crippen molar-refractivity contribution in [3.05, 3.63) is 24.0 Å². The predicted octanol–water partition coefficient (Wildman–Crippen LogP) is 0.174. The molecule has 6 nitrogen and oxygen atoms in total. The first kappa shape index (κ1) is 11.3. The van der Waals surface area contributed by atoms with Crippen LogP contribution in [0.4, 0.5) is 5.69 Å². The third-order valence-electron chi connectivity index (χ3n) is 2.44. The van der Waals surface area contributed by atoms with Crippen LogP contribution in [0.5, 0.6) is 0 Å². The molecule has 2 heterocycles. The number of pyridine rings is 1. The lowest BCUT2D eigenvalue weighted by Gasteiger charge is -2.14. The Morgan fingerprint density at radius 3 is 2.76 bits per heavy atom. The molecule has 0 N–H and O–H groups in total. The smallest absolute Gasteiger partial charge is 0.339 e. The van der Waals surface area contributed by atoms with Gasteiger partial charge in [0.25, 0.3) is 0 Å². The van der Waals surface area contributed by atoms with Crippen LogP contribution in [0.1, 0.15) is 16.8 Å². The second kappa shape index (κ2) is 4.32. The van der Waals surface area contributed by atoms with Crippen molar-refractivity contribution in [3.63, 3.8) is 0 Å². The van der Waals surface area contributed by atoms with E-state index in [1.165, 1.54) is 30.5 Å². The molecule has 1 aliphatic heterocycles. The highest BCUT2D eigenvalue weighted by Crippen LogP contribution is 2.20. The molecule has 0 saturated carbocycles. The SMILES string of the molecule is COC(=O)c1cncc(N2CC(=O)CC2=O)c1. The minimum Gasteiger partial charge on any atom is -0.465 e. The Hall–Kier alpha value is -2.24. The standard InChI is InChI=1S/C11H10N2O4/c1-17-11(16)7-2-8(5-12-4-7)13-6-9(14)3-10(13)15/h2,4-5H,3,6H2,1H3. The van der Waals surface area contributed by atoms with Gasteiger partial charge in [0.05, 0.1) is 37.5 Å². The number of amides is 1. The number of anilines is 1. The topological polar surface area (TPSA) is 76.6 Å². The fourth-order valence-electron chi connectivity index (χ4n) is 1.62. The fourth-order valence-corrected chi connectivity index (χ4v) is 1.62. The minimum atomic E-state index is -0.530. The van der Waals surface area contributed by atoms with Gasteiger partial charge < -0.3 is 9.64 Å². The quantitative estimate of drug-likeness (QED) is 0.538. The van der Waals surface area contributed by atoms with Gasteiger partial charge in [0.1, 0.15) is 0 Å². The molecule has 0 aromatic carbocycles. The van der Waals surface area contributed by atoms with E-state index in [4.69, 9.17) is 0 Å². The molecule has 1 amide bonds. The van der Waals surface area contributed by atoms with Crippen LogP contribution < -0.4 is 4.90 Å². The van der Waals surface area contributed by atoms with Crippen molar-refractivity contribution in [2.24, 2.45) is 0 Å². The maximum atomic E-state index is 11.5. The van der Waals surface area contributed by atoms with Gasteiger partial charge in [-0.1, -0.05) is 0 Å². The molecule has 17 heavy (non-hydrogen) atoms. The Labute approximate surface area is 97.2 Å². The first-order valence-electron chi connectivity index (χ1n) is 4.97. The van der Waals surface area contributed by atoms with Crippen LogP contribution in [0.25, 0.3) is 0 Å². The maximum absolute atomic E-state index is 11.5. The van der Waals surface area contributed by atoms with Crippen molar-refractivity contribution >= 4 is 23.3 Å². The molecule has 1 aliphatic rings. The van der Waals surface area contributed by atoms with Gasteiger partial charge in [-0.25, -0.2) is 4.79 Å². The van der Waals surface area contributed by atoms with E-state index in [0.29, 0.717) is 5.69 Å². The van der Waals surface area contributed by atoms with Crippen LogP contribution in [0, 0.1) is 0 Å². The molecule has 88 valence electrons. The van der Waals surface area contributed by atoms with Crippen LogP contribution in [0.3, 0.4) is 0 Å². The summed E-state index contributed by atoms with van der Waals surface area (Å²) >= 11 is 0. The lowest BCUT2D eigenvalue weighted by atomic mass is 10.2. The highest BCUT2D eigenvalue weighted by atomic mass is 16.5. The van der Waals surface area contributed by atoms with Crippen molar-refractivity contribution in [1.82, 2.24) is 4.98 Å². The van der Waals surface area contributed by atoms with E-state index in [1.807, 2.05) is 0 Å². The number of aromatic nitrogens is 1. The number of hydrogen-bond donors (Lipinski definition) is 0. The molecule has 1 saturated heterocycles. The first-order chi connectivity index (χ1) is 8.11. The summed E-state index contributed by atoms with van der Waals surface area (Å²) in [4.78, 5) is 39.1. The zero-order chi connectivity index (χ0) is 12.4. The summed E-state index contributed by atoms with van der Waals surface area (Å²) in [6.07, 6.45) is 2.68. The van der Waals surface area contributed by atoms with Gasteiger partial charge >= 0.3 is 5.97 Å². The number of hydrogen-bond acceptors (Lipinski definition) is 5. The molecule has 0 aliphatic carbocycles. The number of ether oxygens (including phenoxy) is 1. The van der Waals surface area contributed by atoms with E-state index in [9.17, 15) is 14.4 Å². The summed E-state index contributed by atoms with van der Waals surface area (Å²) in [5, 5.41) is 0. The largest absolute Gasteiger partial charge is 0.465 e. The van der Waals surface area contributed by atoms with Crippen LogP contribution in [0.2, 0.25) is 0 Å². The Bertz CT molecular complexity index is 498. The number of carbonyl (C=O) groups excluding carboxylic acids is 3. The summed E-state index contributed by atoms with van der Waals surface area (Å²) in [6.45, 7) is 0.0329. The summed E-state index contributed by atoms with van der Waals surface area (Å²) in [6, 6.07) is 1.48. The molecule has 1 aromatic heterocycles. The highest BCUT2D eigenvalue weighted by Gasteiger charge is 2.29. The number of rotatable bonds is 2. The Balaban J connectivity index is 2.30. The van der Waals surface area contributed by atoms with Crippen molar-refractivity contribution in [2.45, 2.75) is 6.42 Å². The van der Waals surface area contributed by atoms with E-state index in [2.05, 4.69) is 9.72 Å². The van der Waals surface area contributed by atoms with Gasteiger partial charge in [-0.3, -0.25) is 14.6 Å². The number of methoxy groups -OCH3 is 1. The van der Waals surface area contributed by atoms with E-state index in [-0.39, 0.29) is 30.2 Å². The van der Waals surface area contributed by atoms with Gasteiger partial charge in [0, 0.05) is 6.20 Å². The molecule has 6 heteroatoms. The van der Waals surface area contributed by atoms with Crippen molar-refractivity contribution < 1.29 is 19.1 Å². The summed E-state index contributed by atoms with van der Waals surface area (Å²) in [5.41, 5.74) is 0.681. The second-order valence-electron chi connectivity index (χ2n) is 3.62. The Morgan fingerprint density at radius 1 is 1.41 bits per heavy atom. The third-order valence-corrected chi connectivity index (χ3v) is 2.44. The number of nitrogens with zero attached hydrogens (tertiary/aromatic N) is 2. The number of ketones is 1. The molecule has 2 rings (SSSR count). The third kappa shape index (κ3) is 2.15. The Morgan fingerprint density at radius 2 is 2.18 bits per heavy atom. The molecule has 0 atom stereocenters. The fraction of sp³-hybridized carbons (Fsp3) is 0.273. The summed E-state index contributed by atoms with van der Waals surface area (Å²) in [7, 11) is 1.26. The Kier molecular flexibility index (Phi) is 2.86. The van der Waals surface area contributed by atoms with Crippen LogP contribution in [0.15, 0.2) is 18.5 Å². The number of esters is 1. The summed E-state index contributed by atoms with van der Waals surface area (Å²) in [5.74, 6) is -0.949. The van der Waals surface area contributed by atoms with E-state index in [1.54, 1.807) is 0 Å². The van der Waals surface area contributed by atoms with Crippen LogP contribution >= 0.6 is 0 Å². The molecular weight excluding hydrogens is 224 g/mol. The molecule has 1 aromatic rings. The number of Topliss-reactive ketones (excluding diaryl/α,β-unsaturated/α-hetero) is 1. The van der Waals surface area contributed by atoms with Gasteiger partial charge in [-0.15, -0.1) is 0 Å². The van der Waals surface area contributed by atoms with E-state index in [0.717, 1.165) is 0 Å². The monoisotopic (exact) mass is 234 g/mol. The zero-order valence-electron chi connectivity index (χ0n) is 9.17. The molecule has 0 spiro atoms. The highest BCUT2D eigenvalue weighted by molar-refractivity contribution is 6.15. The molecule has 0 radical (unpaired) electrons. The molecular formula is C11H10N2O4. The normalized spacial score (nSPS) is 15.2. The molecule has 1 fully saturated rings. The van der Waals surface area contributed by atoms with Crippen molar-refractivity contribution in [2.75, 3.05) is 18.6 Å². The zero-order valence-corrected chi connectivity index (χ0v) is 9.17. The lowest BCUT2D eigenvalue weighted by molar-refractivity contribution is -0.121. The van der Waals surface area contributed by atoms with Gasteiger partial charge in [0.15, 0.2) is 5.78 Å². The minimum absolute atomic E-state index is 0.0329. The maximum Gasteiger partial charge on any atom is 0.339 e. The van der Waals surface area contributed by atoms with Crippen molar-refractivity contribution in [3.8, 4) is 0 Å². The predicted molar refractivity (Wildman–Crippen MR) is 57.6 cm³/mol. The molecule has 0 bridgehead atoms.